The Morgan fingerprint density at radius 3 is 2.53 bits per heavy atom. The zero-order valence-corrected chi connectivity index (χ0v) is 17.0. The number of hydrogen-bond acceptors (Lipinski definition) is 4. The molecular weight excluding hydrogens is 382 g/mol. The molecule has 3 N–H and O–H groups in total. The predicted octanol–water partition coefficient (Wildman–Crippen LogP) is 2.85. The number of aromatic nitrogens is 2. The van der Waals surface area contributed by atoms with Crippen molar-refractivity contribution in [2.75, 3.05) is 19.0 Å². The van der Waals surface area contributed by atoms with Crippen LogP contribution in [0.15, 0.2) is 67.0 Å². The van der Waals surface area contributed by atoms with Crippen molar-refractivity contribution in [3.63, 3.8) is 0 Å². The van der Waals surface area contributed by atoms with Gasteiger partial charge in [0.15, 0.2) is 0 Å². The monoisotopic (exact) mass is 407 g/mol. The molecule has 1 heterocycles. The molecule has 0 spiro atoms. The third-order valence-corrected chi connectivity index (χ3v) is 4.54. The summed E-state index contributed by atoms with van der Waals surface area (Å²) in [5.74, 6) is 1.13. The number of nitrogens with one attached hydrogen (secondary N) is 3. The van der Waals surface area contributed by atoms with Gasteiger partial charge < -0.3 is 25.3 Å². The zero-order valence-electron chi connectivity index (χ0n) is 17.0. The number of para-hydroxylation sites is 2. The highest BCUT2D eigenvalue weighted by molar-refractivity contribution is 5.89. The van der Waals surface area contributed by atoms with Crippen molar-refractivity contribution >= 4 is 17.6 Å². The van der Waals surface area contributed by atoms with Crippen LogP contribution in [0.5, 0.6) is 5.75 Å². The Morgan fingerprint density at radius 1 is 1.10 bits per heavy atom. The number of nitrogens with zero attached hydrogens (tertiary/aromatic N) is 2. The lowest BCUT2D eigenvalue weighted by molar-refractivity contribution is -0.121. The van der Waals surface area contributed by atoms with Crippen LogP contribution < -0.4 is 20.7 Å². The molecule has 1 unspecified atom stereocenters. The van der Waals surface area contributed by atoms with Crippen LogP contribution in [0.3, 0.4) is 0 Å². The maximum atomic E-state index is 12.6. The van der Waals surface area contributed by atoms with Crippen molar-refractivity contribution in [1.29, 1.82) is 0 Å². The number of methoxy groups -OCH3 is 1. The van der Waals surface area contributed by atoms with Crippen molar-refractivity contribution in [2.45, 2.75) is 12.5 Å². The molecule has 0 aliphatic carbocycles. The Labute approximate surface area is 175 Å². The summed E-state index contributed by atoms with van der Waals surface area (Å²) in [5, 5.41) is 8.40. The molecule has 8 heteroatoms. The molecule has 0 aliphatic heterocycles. The molecule has 0 bridgehead atoms. The van der Waals surface area contributed by atoms with E-state index in [0.717, 1.165) is 5.56 Å². The van der Waals surface area contributed by atoms with Gasteiger partial charge in [-0.05, 0) is 18.2 Å². The van der Waals surface area contributed by atoms with Gasteiger partial charge in [0.1, 0.15) is 17.6 Å². The molecule has 0 radical (unpaired) electrons. The van der Waals surface area contributed by atoms with Gasteiger partial charge in [-0.3, -0.25) is 4.79 Å². The van der Waals surface area contributed by atoms with E-state index >= 15 is 0 Å². The average Bonchev–Trinajstić information content (AvgIpc) is 3.18. The Kier molecular flexibility index (Phi) is 7.05. The largest absolute Gasteiger partial charge is 0.496 e. The number of imidazole rings is 1. The molecule has 3 amide bonds. The maximum Gasteiger partial charge on any atom is 0.319 e. The van der Waals surface area contributed by atoms with Gasteiger partial charge in [0.05, 0.1) is 7.11 Å². The summed E-state index contributed by atoms with van der Waals surface area (Å²) < 4.78 is 7.31. The highest BCUT2D eigenvalue weighted by Gasteiger charge is 2.23. The SMILES string of the molecule is COc1ccccc1C(NC(=O)CCNC(=O)Nc1ccccc1)c1nccn1C. The molecule has 1 atom stereocenters. The highest BCUT2D eigenvalue weighted by Crippen LogP contribution is 2.29. The number of carbonyl (C=O) groups is 2. The van der Waals surface area contributed by atoms with E-state index in [1.54, 1.807) is 25.4 Å². The number of carbonyl (C=O) groups excluding carboxylic acids is 2. The van der Waals surface area contributed by atoms with Crippen LogP contribution in [0.1, 0.15) is 23.9 Å². The number of amides is 3. The number of ether oxygens (including phenoxy) is 1. The minimum Gasteiger partial charge on any atom is -0.496 e. The van der Waals surface area contributed by atoms with Gasteiger partial charge in [-0.1, -0.05) is 36.4 Å². The van der Waals surface area contributed by atoms with E-state index in [1.807, 2.05) is 60.3 Å². The Bertz CT molecular complexity index is 987. The zero-order chi connectivity index (χ0) is 21.3. The van der Waals surface area contributed by atoms with E-state index in [9.17, 15) is 9.59 Å². The molecule has 156 valence electrons. The molecule has 1 aromatic heterocycles. The fourth-order valence-electron chi connectivity index (χ4n) is 3.06. The molecule has 8 nitrogen and oxygen atoms in total. The van der Waals surface area contributed by atoms with E-state index in [-0.39, 0.29) is 24.9 Å². The molecule has 30 heavy (non-hydrogen) atoms. The van der Waals surface area contributed by atoms with Crippen LogP contribution in [0, 0.1) is 0 Å². The quantitative estimate of drug-likeness (QED) is 0.535. The molecule has 2 aromatic carbocycles. The normalized spacial score (nSPS) is 11.4. The first-order chi connectivity index (χ1) is 14.6. The van der Waals surface area contributed by atoms with Crippen molar-refractivity contribution < 1.29 is 14.3 Å². The molecule has 3 aromatic rings. The summed E-state index contributed by atoms with van der Waals surface area (Å²) in [6.07, 6.45) is 3.62. The Balaban J connectivity index is 1.61. The van der Waals surface area contributed by atoms with E-state index < -0.39 is 6.04 Å². The van der Waals surface area contributed by atoms with Crippen molar-refractivity contribution in [2.24, 2.45) is 7.05 Å². The first kappa shape index (κ1) is 20.9. The summed E-state index contributed by atoms with van der Waals surface area (Å²) in [5.41, 5.74) is 1.49. The van der Waals surface area contributed by atoms with Crippen LogP contribution >= 0.6 is 0 Å². The van der Waals surface area contributed by atoms with Gasteiger partial charge in [-0.2, -0.15) is 0 Å². The number of anilines is 1. The number of aryl methyl sites for hydroxylation is 1. The topological polar surface area (TPSA) is 97.3 Å². The number of urea groups is 1. The first-order valence-corrected chi connectivity index (χ1v) is 9.58. The summed E-state index contributed by atoms with van der Waals surface area (Å²) in [6.45, 7) is 0.198. The fourth-order valence-corrected chi connectivity index (χ4v) is 3.06. The molecule has 3 rings (SSSR count). The summed E-state index contributed by atoms with van der Waals surface area (Å²) in [4.78, 5) is 29.0. The molecule has 0 aliphatic rings. The lowest BCUT2D eigenvalue weighted by Gasteiger charge is -2.21. The van der Waals surface area contributed by atoms with Crippen LogP contribution in [-0.4, -0.2) is 35.1 Å². The van der Waals surface area contributed by atoms with Crippen LogP contribution in [-0.2, 0) is 11.8 Å². The molecule has 0 fully saturated rings. The fraction of sp³-hybridized carbons (Fsp3) is 0.227. The Morgan fingerprint density at radius 2 is 1.83 bits per heavy atom. The second-order valence-electron chi connectivity index (χ2n) is 6.64. The van der Waals surface area contributed by atoms with Crippen molar-refractivity contribution in [3.8, 4) is 5.75 Å². The smallest absolute Gasteiger partial charge is 0.319 e. The summed E-state index contributed by atoms with van der Waals surface area (Å²) in [7, 11) is 3.46. The number of hydrogen-bond donors (Lipinski definition) is 3. The Hall–Kier alpha value is -3.81. The summed E-state index contributed by atoms with van der Waals surface area (Å²) >= 11 is 0. The molecular formula is C22H25N5O3. The van der Waals surface area contributed by atoms with Gasteiger partial charge in [-0.25, -0.2) is 9.78 Å². The van der Waals surface area contributed by atoms with Crippen LogP contribution in [0.4, 0.5) is 10.5 Å². The predicted molar refractivity (Wildman–Crippen MR) is 114 cm³/mol. The summed E-state index contributed by atoms with van der Waals surface area (Å²) in [6, 6.07) is 15.8. The minimum absolute atomic E-state index is 0.123. The minimum atomic E-state index is -0.480. The lowest BCUT2D eigenvalue weighted by Crippen LogP contribution is -2.35. The third-order valence-electron chi connectivity index (χ3n) is 4.54. The molecule has 0 saturated heterocycles. The van der Waals surface area contributed by atoms with E-state index in [4.69, 9.17) is 4.74 Å². The van der Waals surface area contributed by atoms with Crippen molar-refractivity contribution in [3.05, 3.63) is 78.4 Å². The van der Waals surface area contributed by atoms with Gasteiger partial charge >= 0.3 is 6.03 Å². The highest BCUT2D eigenvalue weighted by atomic mass is 16.5. The van der Waals surface area contributed by atoms with Gasteiger partial charge in [0.25, 0.3) is 0 Å². The number of benzene rings is 2. The maximum absolute atomic E-state index is 12.6. The van der Waals surface area contributed by atoms with E-state index in [0.29, 0.717) is 17.3 Å². The second kappa shape index (κ2) is 10.1. The average molecular weight is 407 g/mol. The van der Waals surface area contributed by atoms with Gasteiger partial charge in [0, 0.05) is 43.7 Å². The van der Waals surface area contributed by atoms with Gasteiger partial charge in [0.2, 0.25) is 5.91 Å². The van der Waals surface area contributed by atoms with Gasteiger partial charge in [-0.15, -0.1) is 0 Å². The first-order valence-electron chi connectivity index (χ1n) is 9.58. The number of rotatable bonds is 8. The van der Waals surface area contributed by atoms with Crippen molar-refractivity contribution in [1.82, 2.24) is 20.2 Å². The lowest BCUT2D eigenvalue weighted by atomic mass is 10.0. The third kappa shape index (κ3) is 5.38. The van der Waals surface area contributed by atoms with E-state index in [2.05, 4.69) is 20.9 Å². The molecule has 0 saturated carbocycles. The van der Waals surface area contributed by atoms with Crippen LogP contribution in [0.2, 0.25) is 0 Å². The van der Waals surface area contributed by atoms with Crippen LogP contribution in [0.25, 0.3) is 0 Å². The standard InChI is InChI=1S/C22H25N5O3/c1-27-15-14-23-21(27)20(17-10-6-7-11-18(17)30-2)26-19(28)12-13-24-22(29)25-16-8-4-3-5-9-16/h3-11,14-15,20H,12-13H2,1-2H3,(H,26,28)(H2,24,25,29). The second-order valence-corrected chi connectivity index (χ2v) is 6.64. The van der Waals surface area contributed by atoms with E-state index in [1.165, 1.54) is 0 Å².